The van der Waals surface area contributed by atoms with E-state index in [0.717, 1.165) is 5.56 Å². The van der Waals surface area contributed by atoms with Crippen LogP contribution in [-0.2, 0) is 27.8 Å². The highest BCUT2D eigenvalue weighted by atomic mass is 35.5. The second kappa shape index (κ2) is 11.4. The molecule has 1 N–H and O–H groups in total. The summed E-state index contributed by atoms with van der Waals surface area (Å²) in [5.74, 6) is -0.323. The summed E-state index contributed by atoms with van der Waals surface area (Å²) in [6.07, 6.45) is 4.67. The van der Waals surface area contributed by atoms with E-state index in [-0.39, 0.29) is 17.2 Å². The molecule has 0 atom stereocenters. The van der Waals surface area contributed by atoms with Gasteiger partial charge in [0, 0.05) is 42.1 Å². The first-order valence-corrected chi connectivity index (χ1v) is 13.2. The molecular formula is C27H26ClN5O3S. The number of hydrogen-bond acceptors (Lipinski definition) is 4. The van der Waals surface area contributed by atoms with E-state index in [4.69, 9.17) is 11.6 Å². The zero-order chi connectivity index (χ0) is 26.4. The summed E-state index contributed by atoms with van der Waals surface area (Å²) < 4.78 is 32.0. The van der Waals surface area contributed by atoms with Gasteiger partial charge in [0.2, 0.25) is 5.91 Å². The Balaban J connectivity index is 1.66. The molecule has 0 saturated heterocycles. The number of anilines is 1. The molecule has 0 spiro atoms. The average Bonchev–Trinajstić information content (AvgIpc) is 3.33. The van der Waals surface area contributed by atoms with E-state index >= 15 is 0 Å². The fourth-order valence-electron chi connectivity index (χ4n) is 3.64. The highest BCUT2D eigenvalue weighted by Crippen LogP contribution is 2.31. The predicted octanol–water partition coefficient (Wildman–Crippen LogP) is 4.71. The van der Waals surface area contributed by atoms with Crippen LogP contribution in [0.1, 0.15) is 11.1 Å². The van der Waals surface area contributed by atoms with Crippen LogP contribution in [0, 0.1) is 0 Å². The number of hydrogen-bond donors (Lipinski definition) is 1. The molecule has 0 bridgehead atoms. The number of aromatic nitrogens is 2. The summed E-state index contributed by atoms with van der Waals surface area (Å²) in [5.41, 5.74) is 3.11. The SMILES string of the molecule is CN(C)C=NS(=O)(=O)c1cc(NC(=O)Cc2ccccc2Cl)ccc1-c1cnn(Cc2ccccc2)c1. The Labute approximate surface area is 221 Å². The summed E-state index contributed by atoms with van der Waals surface area (Å²) in [4.78, 5) is 14.2. The van der Waals surface area contributed by atoms with Crippen LogP contribution in [0.3, 0.4) is 0 Å². The van der Waals surface area contributed by atoms with E-state index in [1.165, 1.54) is 17.3 Å². The average molecular weight is 536 g/mol. The molecule has 37 heavy (non-hydrogen) atoms. The lowest BCUT2D eigenvalue weighted by Crippen LogP contribution is -2.15. The lowest BCUT2D eigenvalue weighted by molar-refractivity contribution is -0.115. The minimum Gasteiger partial charge on any atom is -0.368 e. The summed E-state index contributed by atoms with van der Waals surface area (Å²) in [6, 6.07) is 21.6. The smallest absolute Gasteiger partial charge is 0.284 e. The lowest BCUT2D eigenvalue weighted by atomic mass is 10.1. The van der Waals surface area contributed by atoms with Gasteiger partial charge in [0.25, 0.3) is 10.0 Å². The van der Waals surface area contributed by atoms with Crippen molar-refractivity contribution in [1.29, 1.82) is 0 Å². The van der Waals surface area contributed by atoms with E-state index in [2.05, 4.69) is 14.8 Å². The van der Waals surface area contributed by atoms with E-state index in [1.807, 2.05) is 30.3 Å². The molecule has 190 valence electrons. The maximum Gasteiger partial charge on any atom is 0.284 e. The molecule has 0 fully saturated rings. The summed E-state index contributed by atoms with van der Waals surface area (Å²) in [5, 5.41) is 7.66. The molecule has 1 amide bonds. The third-order valence-electron chi connectivity index (χ3n) is 5.40. The van der Waals surface area contributed by atoms with Crippen LogP contribution in [0.5, 0.6) is 0 Å². The molecule has 0 aliphatic carbocycles. The second-order valence-electron chi connectivity index (χ2n) is 8.60. The molecule has 4 rings (SSSR count). The highest BCUT2D eigenvalue weighted by molar-refractivity contribution is 7.90. The van der Waals surface area contributed by atoms with E-state index in [1.54, 1.807) is 67.6 Å². The number of benzene rings is 3. The fourth-order valence-corrected chi connectivity index (χ4v) is 5.01. The van der Waals surface area contributed by atoms with Crippen molar-refractivity contribution >= 4 is 39.6 Å². The van der Waals surface area contributed by atoms with E-state index in [0.29, 0.717) is 33.9 Å². The van der Waals surface area contributed by atoms with Gasteiger partial charge in [-0.15, -0.1) is 4.40 Å². The molecule has 0 unspecified atom stereocenters. The third kappa shape index (κ3) is 6.84. The Hall–Kier alpha value is -3.95. The van der Waals surface area contributed by atoms with Gasteiger partial charge < -0.3 is 10.2 Å². The number of nitrogens with zero attached hydrogens (tertiary/aromatic N) is 4. The van der Waals surface area contributed by atoms with Gasteiger partial charge in [-0.2, -0.15) is 13.5 Å². The van der Waals surface area contributed by atoms with Crippen molar-refractivity contribution in [2.45, 2.75) is 17.9 Å². The number of sulfonamides is 1. The van der Waals surface area contributed by atoms with Crippen LogP contribution in [0.4, 0.5) is 5.69 Å². The Morgan fingerprint density at radius 1 is 1.08 bits per heavy atom. The van der Waals surface area contributed by atoms with E-state index in [9.17, 15) is 13.2 Å². The molecule has 0 aliphatic rings. The van der Waals surface area contributed by atoms with Crippen molar-refractivity contribution < 1.29 is 13.2 Å². The summed E-state index contributed by atoms with van der Waals surface area (Å²) >= 11 is 6.17. The zero-order valence-electron chi connectivity index (χ0n) is 20.4. The number of rotatable bonds is 9. The van der Waals surface area contributed by atoms with Crippen LogP contribution < -0.4 is 5.32 Å². The Morgan fingerprint density at radius 3 is 2.54 bits per heavy atom. The molecule has 0 aliphatic heterocycles. The van der Waals surface area contributed by atoms with Gasteiger partial charge in [-0.1, -0.05) is 66.2 Å². The van der Waals surface area contributed by atoms with Crippen LogP contribution in [0.25, 0.3) is 11.1 Å². The third-order valence-corrected chi connectivity index (χ3v) is 7.03. The number of amides is 1. The largest absolute Gasteiger partial charge is 0.368 e. The van der Waals surface area contributed by atoms with Gasteiger partial charge in [0.05, 0.1) is 24.1 Å². The number of carbonyl (C=O) groups is 1. The topological polar surface area (TPSA) is 96.7 Å². The van der Waals surface area contributed by atoms with Crippen LogP contribution >= 0.6 is 11.6 Å². The van der Waals surface area contributed by atoms with Crippen molar-refractivity contribution in [2.75, 3.05) is 19.4 Å². The number of carbonyl (C=O) groups excluding carboxylic acids is 1. The Kier molecular flexibility index (Phi) is 8.05. The van der Waals surface area contributed by atoms with Gasteiger partial charge in [-0.05, 0) is 29.3 Å². The van der Waals surface area contributed by atoms with Crippen LogP contribution in [0.15, 0.2) is 94.5 Å². The van der Waals surface area contributed by atoms with Crippen molar-refractivity contribution in [3.05, 3.63) is 101 Å². The molecule has 10 heteroatoms. The number of halogens is 1. The highest BCUT2D eigenvalue weighted by Gasteiger charge is 2.21. The molecule has 3 aromatic carbocycles. The Morgan fingerprint density at radius 2 is 1.81 bits per heavy atom. The van der Waals surface area contributed by atoms with Crippen LogP contribution in [0.2, 0.25) is 5.02 Å². The molecule has 0 saturated carbocycles. The van der Waals surface area contributed by atoms with Crippen molar-refractivity contribution in [2.24, 2.45) is 4.40 Å². The molecule has 8 nitrogen and oxygen atoms in total. The summed E-state index contributed by atoms with van der Waals surface area (Å²) in [7, 11) is -0.730. The monoisotopic (exact) mass is 535 g/mol. The zero-order valence-corrected chi connectivity index (χ0v) is 21.9. The molecular weight excluding hydrogens is 510 g/mol. The van der Waals surface area contributed by atoms with Crippen LogP contribution in [-0.4, -0.2) is 49.4 Å². The normalized spacial score (nSPS) is 11.5. The maximum absolute atomic E-state index is 13.2. The van der Waals surface area contributed by atoms with Gasteiger partial charge >= 0.3 is 0 Å². The first-order valence-electron chi connectivity index (χ1n) is 11.4. The molecule has 4 aromatic rings. The fraction of sp³-hybridized carbons (Fsp3) is 0.148. The summed E-state index contributed by atoms with van der Waals surface area (Å²) in [6.45, 7) is 0.540. The van der Waals surface area contributed by atoms with Crippen molar-refractivity contribution in [3.8, 4) is 11.1 Å². The quantitative estimate of drug-likeness (QED) is 0.247. The van der Waals surface area contributed by atoms with Gasteiger partial charge in [0.1, 0.15) is 6.34 Å². The van der Waals surface area contributed by atoms with E-state index < -0.39 is 10.0 Å². The number of nitrogens with one attached hydrogen (secondary N) is 1. The molecule has 1 heterocycles. The lowest BCUT2D eigenvalue weighted by Gasteiger charge is -2.12. The standard InChI is InChI=1S/C27H26ClN5O3S/c1-32(2)19-30-37(35,36)26-15-23(31-27(34)14-21-10-6-7-11-25(21)28)12-13-24(26)22-16-29-33(18-22)17-20-8-4-3-5-9-20/h3-13,15-16,18-19H,14,17H2,1-2H3,(H,31,34). The predicted molar refractivity (Wildman–Crippen MR) is 146 cm³/mol. The van der Waals surface area contributed by atoms with Gasteiger partial charge in [-0.3, -0.25) is 9.48 Å². The Bertz CT molecular complexity index is 1530. The maximum atomic E-state index is 13.2. The first-order chi connectivity index (χ1) is 17.7. The molecule has 1 aromatic heterocycles. The van der Waals surface area contributed by atoms with Crippen molar-refractivity contribution in [1.82, 2.24) is 14.7 Å². The van der Waals surface area contributed by atoms with Crippen molar-refractivity contribution in [3.63, 3.8) is 0 Å². The minimum atomic E-state index is -4.09. The molecule has 0 radical (unpaired) electrons. The van der Waals surface area contributed by atoms with Gasteiger partial charge in [0.15, 0.2) is 0 Å². The first kappa shape index (κ1) is 26.1. The minimum absolute atomic E-state index is 0.0413. The van der Waals surface area contributed by atoms with Gasteiger partial charge in [-0.25, -0.2) is 0 Å². The second-order valence-corrected chi connectivity index (χ2v) is 10.6.